The summed E-state index contributed by atoms with van der Waals surface area (Å²) in [5.74, 6) is -0.588. The second-order valence-electron chi connectivity index (χ2n) is 2.50. The molecule has 0 saturated heterocycles. The molecule has 0 unspecified atom stereocenters. The van der Waals surface area contributed by atoms with Crippen molar-refractivity contribution in [2.75, 3.05) is 13.9 Å². The van der Waals surface area contributed by atoms with Crippen LogP contribution in [0.1, 0.15) is 10.4 Å². The van der Waals surface area contributed by atoms with Crippen LogP contribution in [0.5, 0.6) is 5.75 Å². The van der Waals surface area contributed by atoms with Crippen LogP contribution in [-0.4, -0.2) is 25.0 Å². The van der Waals surface area contributed by atoms with Gasteiger partial charge in [-0.05, 0) is 18.2 Å². The summed E-state index contributed by atoms with van der Waals surface area (Å²) in [5, 5.41) is 8.83. The van der Waals surface area contributed by atoms with Gasteiger partial charge < -0.3 is 14.6 Å². The molecule has 0 aliphatic rings. The highest BCUT2D eigenvalue weighted by atomic mass is 35.5. The zero-order chi connectivity index (χ0) is 10.6. The number of rotatable bonds is 4. The Morgan fingerprint density at radius 2 is 2.29 bits per heavy atom. The quantitative estimate of drug-likeness (QED) is 0.783. The van der Waals surface area contributed by atoms with Crippen molar-refractivity contribution < 1.29 is 19.4 Å². The average Bonchev–Trinajstić information content (AvgIpc) is 2.14. The molecule has 0 aromatic heterocycles. The summed E-state index contributed by atoms with van der Waals surface area (Å²) in [6, 6.07) is 4.34. The Bertz CT molecular complexity index is 338. The van der Waals surface area contributed by atoms with Gasteiger partial charge >= 0.3 is 5.97 Å². The molecule has 0 atom stereocenters. The fraction of sp³-hybridized carbons (Fsp3) is 0.222. The van der Waals surface area contributed by atoms with Gasteiger partial charge in [-0.2, -0.15) is 0 Å². The van der Waals surface area contributed by atoms with Gasteiger partial charge in [0.25, 0.3) is 0 Å². The van der Waals surface area contributed by atoms with Crippen LogP contribution in [0.4, 0.5) is 0 Å². The predicted molar refractivity (Wildman–Crippen MR) is 50.9 cm³/mol. The molecule has 1 aromatic rings. The van der Waals surface area contributed by atoms with Gasteiger partial charge in [-0.15, -0.1) is 0 Å². The van der Waals surface area contributed by atoms with Crippen molar-refractivity contribution in [3.05, 3.63) is 28.8 Å². The summed E-state index contributed by atoms with van der Waals surface area (Å²) >= 11 is 5.70. The minimum absolute atomic E-state index is 0.0523. The second kappa shape index (κ2) is 4.83. The Morgan fingerprint density at radius 3 is 2.79 bits per heavy atom. The number of halogens is 1. The minimum atomic E-state index is -1.06. The Labute approximate surface area is 86.0 Å². The fourth-order valence-electron chi connectivity index (χ4n) is 0.886. The molecule has 0 amide bonds. The molecule has 0 fully saturated rings. The summed E-state index contributed by atoms with van der Waals surface area (Å²) in [6.45, 7) is 0.0999. The Morgan fingerprint density at radius 1 is 1.57 bits per heavy atom. The highest BCUT2D eigenvalue weighted by Crippen LogP contribution is 2.22. The minimum Gasteiger partial charge on any atom is -0.478 e. The van der Waals surface area contributed by atoms with E-state index < -0.39 is 5.97 Å². The summed E-state index contributed by atoms with van der Waals surface area (Å²) in [7, 11) is 1.49. The molecular formula is C9H9ClO4. The Hall–Kier alpha value is -1.26. The van der Waals surface area contributed by atoms with E-state index in [1.807, 2.05) is 0 Å². The van der Waals surface area contributed by atoms with Crippen LogP contribution in [0, 0.1) is 0 Å². The first-order valence-corrected chi connectivity index (χ1v) is 4.17. The maximum atomic E-state index is 10.6. The van der Waals surface area contributed by atoms with Crippen molar-refractivity contribution >= 4 is 17.6 Å². The number of hydrogen-bond donors (Lipinski definition) is 1. The van der Waals surface area contributed by atoms with E-state index in [-0.39, 0.29) is 17.4 Å². The van der Waals surface area contributed by atoms with Crippen molar-refractivity contribution in [2.45, 2.75) is 0 Å². The fourth-order valence-corrected chi connectivity index (χ4v) is 1.14. The molecule has 4 nitrogen and oxygen atoms in total. The van der Waals surface area contributed by atoms with E-state index in [2.05, 4.69) is 4.74 Å². The van der Waals surface area contributed by atoms with Crippen LogP contribution in [0.25, 0.3) is 0 Å². The number of methoxy groups -OCH3 is 1. The number of carboxylic acid groups (broad SMARTS) is 1. The third-order valence-electron chi connectivity index (χ3n) is 1.51. The van der Waals surface area contributed by atoms with Crippen LogP contribution in [0.3, 0.4) is 0 Å². The first-order valence-electron chi connectivity index (χ1n) is 3.79. The van der Waals surface area contributed by atoms with Crippen LogP contribution >= 0.6 is 11.6 Å². The predicted octanol–water partition coefficient (Wildman–Crippen LogP) is 2.02. The molecule has 0 radical (unpaired) electrons. The Balaban J connectivity index is 2.83. The number of benzene rings is 1. The summed E-state index contributed by atoms with van der Waals surface area (Å²) in [4.78, 5) is 10.6. The monoisotopic (exact) mass is 216 g/mol. The normalized spacial score (nSPS) is 9.86. The van der Waals surface area contributed by atoms with E-state index in [4.69, 9.17) is 21.4 Å². The van der Waals surface area contributed by atoms with Gasteiger partial charge in [0.2, 0.25) is 0 Å². The maximum Gasteiger partial charge on any atom is 0.337 e. The first-order chi connectivity index (χ1) is 6.65. The highest BCUT2D eigenvalue weighted by molar-refractivity contribution is 6.33. The molecule has 76 valence electrons. The van der Waals surface area contributed by atoms with Crippen molar-refractivity contribution in [2.24, 2.45) is 0 Å². The van der Waals surface area contributed by atoms with Gasteiger partial charge in [0, 0.05) is 7.11 Å². The zero-order valence-corrected chi connectivity index (χ0v) is 8.25. The lowest BCUT2D eigenvalue weighted by Gasteiger charge is -2.05. The zero-order valence-electron chi connectivity index (χ0n) is 7.49. The number of hydrogen-bond acceptors (Lipinski definition) is 3. The SMILES string of the molecule is COCOc1ccc(C(=O)O)c(Cl)c1. The molecule has 0 aliphatic carbocycles. The van der Waals surface area contributed by atoms with E-state index >= 15 is 0 Å². The summed E-state index contributed by atoms with van der Waals surface area (Å²) in [5.41, 5.74) is 0.0523. The van der Waals surface area contributed by atoms with Crippen LogP contribution in [-0.2, 0) is 4.74 Å². The molecule has 0 saturated carbocycles. The smallest absolute Gasteiger partial charge is 0.337 e. The molecule has 0 aliphatic heterocycles. The van der Waals surface area contributed by atoms with Gasteiger partial charge in [0.1, 0.15) is 5.75 Å². The van der Waals surface area contributed by atoms with Crippen molar-refractivity contribution in [3.63, 3.8) is 0 Å². The van der Waals surface area contributed by atoms with Crippen LogP contribution in [0.15, 0.2) is 18.2 Å². The maximum absolute atomic E-state index is 10.6. The van der Waals surface area contributed by atoms with E-state index in [1.165, 1.54) is 25.3 Å². The number of aromatic carboxylic acids is 1. The van der Waals surface area contributed by atoms with E-state index in [0.29, 0.717) is 5.75 Å². The van der Waals surface area contributed by atoms with Gasteiger partial charge in [-0.1, -0.05) is 11.6 Å². The van der Waals surface area contributed by atoms with E-state index in [0.717, 1.165) is 0 Å². The molecule has 0 spiro atoms. The topological polar surface area (TPSA) is 55.8 Å². The van der Waals surface area contributed by atoms with Gasteiger partial charge in [-0.3, -0.25) is 0 Å². The second-order valence-corrected chi connectivity index (χ2v) is 2.90. The van der Waals surface area contributed by atoms with Gasteiger partial charge in [0.05, 0.1) is 10.6 Å². The molecule has 1 N–H and O–H groups in total. The first kappa shape index (κ1) is 10.8. The van der Waals surface area contributed by atoms with E-state index in [9.17, 15) is 4.79 Å². The highest BCUT2D eigenvalue weighted by Gasteiger charge is 2.08. The van der Waals surface area contributed by atoms with Gasteiger partial charge in [0.15, 0.2) is 6.79 Å². The number of carbonyl (C=O) groups is 1. The van der Waals surface area contributed by atoms with Crippen molar-refractivity contribution in [3.8, 4) is 5.75 Å². The third kappa shape index (κ3) is 2.61. The summed E-state index contributed by atoms with van der Waals surface area (Å²) < 4.78 is 9.75. The van der Waals surface area contributed by atoms with Crippen LogP contribution < -0.4 is 4.74 Å². The molecule has 1 rings (SSSR count). The van der Waals surface area contributed by atoms with Crippen LogP contribution in [0.2, 0.25) is 5.02 Å². The molecule has 0 bridgehead atoms. The third-order valence-corrected chi connectivity index (χ3v) is 1.83. The number of carboxylic acids is 1. The number of ether oxygens (including phenoxy) is 2. The van der Waals surface area contributed by atoms with Gasteiger partial charge in [-0.25, -0.2) is 4.79 Å². The lowest BCUT2D eigenvalue weighted by molar-refractivity contribution is 0.0511. The largest absolute Gasteiger partial charge is 0.478 e. The molecule has 0 heterocycles. The van der Waals surface area contributed by atoms with Crippen molar-refractivity contribution in [1.29, 1.82) is 0 Å². The molecule has 14 heavy (non-hydrogen) atoms. The Kier molecular flexibility index (Phi) is 3.73. The molecule has 5 heteroatoms. The lowest BCUT2D eigenvalue weighted by Crippen LogP contribution is -2.01. The summed E-state index contributed by atoms with van der Waals surface area (Å²) in [6.07, 6.45) is 0. The molecule has 1 aromatic carbocycles. The van der Waals surface area contributed by atoms with Crippen molar-refractivity contribution in [1.82, 2.24) is 0 Å². The lowest BCUT2D eigenvalue weighted by atomic mass is 10.2. The van der Waals surface area contributed by atoms with E-state index in [1.54, 1.807) is 0 Å². The average molecular weight is 217 g/mol. The molecular weight excluding hydrogens is 208 g/mol. The standard InChI is InChI=1S/C9H9ClO4/c1-13-5-14-6-2-3-7(9(11)12)8(10)4-6/h2-4H,5H2,1H3,(H,11,12).